The Balaban J connectivity index is 1.82. The number of carbonyl (C=O) groups is 1. The van der Waals surface area contributed by atoms with Crippen molar-refractivity contribution in [2.75, 3.05) is 6.54 Å². The fourth-order valence-corrected chi connectivity index (χ4v) is 3.34. The Labute approximate surface area is 144 Å². The molecule has 4 rings (SSSR count). The summed E-state index contributed by atoms with van der Waals surface area (Å²) in [6.45, 7) is 0.652. The van der Waals surface area contributed by atoms with Gasteiger partial charge in [-0.2, -0.15) is 0 Å². The van der Waals surface area contributed by atoms with E-state index >= 15 is 0 Å². The van der Waals surface area contributed by atoms with Crippen LogP contribution in [0.4, 0.5) is 0 Å². The van der Waals surface area contributed by atoms with E-state index in [1.54, 1.807) is 12.4 Å². The van der Waals surface area contributed by atoms with Crippen molar-refractivity contribution in [2.45, 2.75) is 12.3 Å². The van der Waals surface area contributed by atoms with Crippen molar-refractivity contribution in [3.63, 3.8) is 0 Å². The van der Waals surface area contributed by atoms with Crippen LogP contribution in [-0.2, 0) is 0 Å². The molecule has 1 aliphatic heterocycles. The topological polar surface area (TPSA) is 57.8 Å². The van der Waals surface area contributed by atoms with Crippen LogP contribution in [0.5, 0.6) is 0 Å². The molecule has 0 fully saturated rings. The fourth-order valence-electron chi connectivity index (χ4n) is 3.22. The Morgan fingerprint density at radius 1 is 1.08 bits per heavy atom. The highest BCUT2D eigenvalue weighted by Gasteiger charge is 2.27. The zero-order valence-corrected chi connectivity index (χ0v) is 13.7. The van der Waals surface area contributed by atoms with Crippen LogP contribution < -0.4 is 5.32 Å². The largest absolute Gasteiger partial charge is 0.357 e. The summed E-state index contributed by atoms with van der Waals surface area (Å²) in [4.78, 5) is 19.9. The highest BCUT2D eigenvalue weighted by atomic mass is 35.5. The van der Waals surface area contributed by atoms with Gasteiger partial charge in [0, 0.05) is 46.8 Å². The second kappa shape index (κ2) is 6.13. The number of hydrogen-bond donors (Lipinski definition) is 2. The summed E-state index contributed by atoms with van der Waals surface area (Å²) in [6.07, 6.45) is 4.34. The molecule has 1 unspecified atom stereocenters. The number of H-pyrrole nitrogens is 1. The number of hydrogen-bond acceptors (Lipinski definition) is 2. The monoisotopic (exact) mass is 337 g/mol. The van der Waals surface area contributed by atoms with E-state index in [1.807, 2.05) is 42.5 Å². The molecule has 3 aromatic rings. The van der Waals surface area contributed by atoms with Crippen molar-refractivity contribution in [3.05, 3.63) is 76.7 Å². The van der Waals surface area contributed by atoms with Gasteiger partial charge in [0.2, 0.25) is 0 Å². The van der Waals surface area contributed by atoms with E-state index in [0.717, 1.165) is 28.9 Å². The van der Waals surface area contributed by atoms with E-state index in [-0.39, 0.29) is 11.8 Å². The molecule has 2 aromatic heterocycles. The van der Waals surface area contributed by atoms with Crippen LogP contribution in [0.25, 0.3) is 11.3 Å². The number of benzene rings is 1. The van der Waals surface area contributed by atoms with Crippen LogP contribution in [0, 0.1) is 0 Å². The second-order valence-corrected chi connectivity index (χ2v) is 6.33. The van der Waals surface area contributed by atoms with Gasteiger partial charge in [0.05, 0.1) is 5.56 Å². The second-order valence-electron chi connectivity index (χ2n) is 5.89. The number of rotatable bonds is 2. The lowest BCUT2D eigenvalue weighted by molar-refractivity contribution is 0.0956. The molecule has 24 heavy (non-hydrogen) atoms. The van der Waals surface area contributed by atoms with E-state index < -0.39 is 0 Å². The molecule has 0 saturated heterocycles. The number of halogens is 1. The first-order chi connectivity index (χ1) is 11.7. The molecule has 0 bridgehead atoms. The van der Waals surface area contributed by atoms with Gasteiger partial charge in [-0.15, -0.1) is 0 Å². The van der Waals surface area contributed by atoms with Crippen LogP contribution >= 0.6 is 11.6 Å². The highest BCUT2D eigenvalue weighted by molar-refractivity contribution is 6.30. The Morgan fingerprint density at radius 2 is 1.83 bits per heavy atom. The summed E-state index contributed by atoms with van der Waals surface area (Å²) in [5.74, 6) is 0.102. The van der Waals surface area contributed by atoms with Crippen molar-refractivity contribution in [3.8, 4) is 11.3 Å². The molecule has 5 heteroatoms. The van der Waals surface area contributed by atoms with Crippen molar-refractivity contribution in [1.29, 1.82) is 0 Å². The first-order valence-corrected chi connectivity index (χ1v) is 8.27. The molecule has 4 nitrogen and oxygen atoms in total. The zero-order chi connectivity index (χ0) is 16.5. The van der Waals surface area contributed by atoms with Crippen LogP contribution in [-0.4, -0.2) is 22.4 Å². The molecule has 2 N–H and O–H groups in total. The SMILES string of the molecule is O=C1NCCC(c2ccc(Cl)cc2)c2[nH]c(-c3ccncc3)cc21. The Bertz CT molecular complexity index is 871. The number of aromatic amines is 1. The number of aromatic nitrogens is 2. The van der Waals surface area contributed by atoms with Gasteiger partial charge in [-0.05, 0) is 42.3 Å². The molecule has 0 spiro atoms. The van der Waals surface area contributed by atoms with Crippen LogP contribution in [0.2, 0.25) is 5.02 Å². The summed E-state index contributed by atoms with van der Waals surface area (Å²) in [5.41, 5.74) is 4.76. The van der Waals surface area contributed by atoms with Crippen molar-refractivity contribution in [1.82, 2.24) is 15.3 Å². The van der Waals surface area contributed by atoms with Crippen molar-refractivity contribution < 1.29 is 4.79 Å². The Hall–Kier alpha value is -2.59. The third-order valence-corrected chi connectivity index (χ3v) is 4.68. The van der Waals surface area contributed by atoms with Gasteiger partial charge in [0.25, 0.3) is 5.91 Å². The smallest absolute Gasteiger partial charge is 0.253 e. The summed E-state index contributed by atoms with van der Waals surface area (Å²) in [7, 11) is 0. The lowest BCUT2D eigenvalue weighted by Crippen LogP contribution is -2.22. The van der Waals surface area contributed by atoms with Gasteiger partial charge in [-0.25, -0.2) is 0 Å². The average molecular weight is 338 g/mol. The minimum Gasteiger partial charge on any atom is -0.357 e. The summed E-state index contributed by atoms with van der Waals surface area (Å²) in [5, 5.41) is 3.69. The van der Waals surface area contributed by atoms with Crippen molar-refractivity contribution >= 4 is 17.5 Å². The number of amides is 1. The maximum Gasteiger partial charge on any atom is 0.253 e. The third kappa shape index (κ3) is 2.69. The van der Waals surface area contributed by atoms with E-state index in [9.17, 15) is 4.79 Å². The van der Waals surface area contributed by atoms with E-state index in [0.29, 0.717) is 17.1 Å². The van der Waals surface area contributed by atoms with Gasteiger partial charge in [-0.3, -0.25) is 9.78 Å². The maximum absolute atomic E-state index is 12.4. The quantitative estimate of drug-likeness (QED) is 0.742. The molecule has 1 aromatic carbocycles. The number of nitrogens with zero attached hydrogens (tertiary/aromatic N) is 1. The Morgan fingerprint density at radius 3 is 2.58 bits per heavy atom. The molecule has 3 heterocycles. The van der Waals surface area contributed by atoms with Gasteiger partial charge in [0.15, 0.2) is 0 Å². The first kappa shape index (κ1) is 15.0. The predicted molar refractivity (Wildman–Crippen MR) is 94.3 cm³/mol. The molecular formula is C19H16ClN3O. The van der Waals surface area contributed by atoms with Crippen LogP contribution in [0.3, 0.4) is 0 Å². The summed E-state index contributed by atoms with van der Waals surface area (Å²) < 4.78 is 0. The van der Waals surface area contributed by atoms with E-state index in [2.05, 4.69) is 15.3 Å². The molecule has 1 amide bonds. The first-order valence-electron chi connectivity index (χ1n) is 7.89. The molecule has 120 valence electrons. The lowest BCUT2D eigenvalue weighted by Gasteiger charge is -2.15. The lowest BCUT2D eigenvalue weighted by atomic mass is 9.91. The summed E-state index contributed by atoms with van der Waals surface area (Å²) in [6, 6.07) is 13.6. The molecule has 0 radical (unpaired) electrons. The normalized spacial score (nSPS) is 17.0. The number of fused-ring (bicyclic) bond motifs is 1. The molecule has 1 aliphatic rings. The zero-order valence-electron chi connectivity index (χ0n) is 12.9. The van der Waals surface area contributed by atoms with E-state index in [1.165, 1.54) is 0 Å². The third-order valence-electron chi connectivity index (χ3n) is 4.42. The average Bonchev–Trinajstić information content (AvgIpc) is 2.99. The molecule has 0 saturated carbocycles. The van der Waals surface area contributed by atoms with Gasteiger partial charge in [-0.1, -0.05) is 23.7 Å². The standard InChI is InChI=1S/C19H16ClN3O/c20-14-3-1-12(2-4-14)15-7-10-22-19(24)16-11-17(23-18(15)16)13-5-8-21-9-6-13/h1-6,8-9,11,15,23H,7,10H2,(H,22,24). The number of carbonyl (C=O) groups excluding carboxylic acids is 1. The van der Waals surface area contributed by atoms with E-state index in [4.69, 9.17) is 11.6 Å². The minimum atomic E-state index is -0.0296. The molecule has 1 atom stereocenters. The fraction of sp³-hybridized carbons (Fsp3) is 0.158. The predicted octanol–water partition coefficient (Wildman–Crippen LogP) is 4.00. The van der Waals surface area contributed by atoms with Gasteiger partial charge >= 0.3 is 0 Å². The highest BCUT2D eigenvalue weighted by Crippen LogP contribution is 2.34. The number of pyridine rings is 1. The molecule has 0 aliphatic carbocycles. The Kier molecular flexibility index (Phi) is 3.82. The van der Waals surface area contributed by atoms with Gasteiger partial charge < -0.3 is 10.3 Å². The van der Waals surface area contributed by atoms with Crippen molar-refractivity contribution in [2.24, 2.45) is 0 Å². The van der Waals surface area contributed by atoms with Crippen LogP contribution in [0.1, 0.15) is 34.0 Å². The van der Waals surface area contributed by atoms with Crippen LogP contribution in [0.15, 0.2) is 54.9 Å². The number of nitrogens with one attached hydrogen (secondary N) is 2. The van der Waals surface area contributed by atoms with Gasteiger partial charge in [0.1, 0.15) is 0 Å². The summed E-state index contributed by atoms with van der Waals surface area (Å²) >= 11 is 6.01. The minimum absolute atomic E-state index is 0.0296. The molecular weight excluding hydrogens is 322 g/mol. The maximum atomic E-state index is 12.4.